The third-order valence-corrected chi connectivity index (χ3v) is 3.86. The van der Waals surface area contributed by atoms with Crippen LogP contribution in [0, 0.1) is 5.92 Å². The topological polar surface area (TPSA) is 46.3 Å². The monoisotopic (exact) mass is 254 g/mol. The van der Waals surface area contributed by atoms with E-state index in [0.29, 0.717) is 6.54 Å². The van der Waals surface area contributed by atoms with Crippen LogP contribution in [0.15, 0.2) is 17.5 Å². The number of carbonyl (C=O) groups excluding carboxylic acids is 1. The second-order valence-corrected chi connectivity index (χ2v) is 5.34. The van der Waals surface area contributed by atoms with E-state index in [1.807, 2.05) is 18.0 Å². The fraction of sp³-hybridized carbons (Fsp3) is 0.615. The van der Waals surface area contributed by atoms with Gasteiger partial charge >= 0.3 is 0 Å². The van der Waals surface area contributed by atoms with E-state index in [4.69, 9.17) is 5.73 Å². The second kappa shape index (κ2) is 7.45. The Morgan fingerprint density at radius 2 is 2.35 bits per heavy atom. The van der Waals surface area contributed by atoms with E-state index in [2.05, 4.69) is 18.4 Å². The molecule has 96 valence electrons. The van der Waals surface area contributed by atoms with Crippen LogP contribution >= 0.6 is 11.3 Å². The van der Waals surface area contributed by atoms with Crippen LogP contribution < -0.4 is 5.73 Å². The molecule has 0 bridgehead atoms. The molecule has 0 saturated carbocycles. The lowest BCUT2D eigenvalue weighted by atomic mass is 10.0. The fourth-order valence-corrected chi connectivity index (χ4v) is 2.54. The van der Waals surface area contributed by atoms with Gasteiger partial charge in [0.25, 0.3) is 0 Å². The van der Waals surface area contributed by atoms with Gasteiger partial charge in [0.15, 0.2) is 0 Å². The highest BCUT2D eigenvalue weighted by molar-refractivity contribution is 7.09. The highest BCUT2D eigenvalue weighted by Crippen LogP contribution is 2.12. The molecule has 0 fully saturated rings. The van der Waals surface area contributed by atoms with Crippen LogP contribution in [-0.4, -0.2) is 30.9 Å². The summed E-state index contributed by atoms with van der Waals surface area (Å²) in [6.45, 7) is 3.32. The molecule has 1 unspecified atom stereocenters. The smallest absolute Gasteiger partial charge is 0.226 e. The highest BCUT2D eigenvalue weighted by Gasteiger charge is 2.19. The van der Waals surface area contributed by atoms with Crippen LogP contribution in [0.1, 0.15) is 24.6 Å². The van der Waals surface area contributed by atoms with Crippen molar-refractivity contribution in [3.8, 4) is 0 Å². The van der Waals surface area contributed by atoms with Gasteiger partial charge in [0.2, 0.25) is 5.91 Å². The molecule has 1 rings (SSSR count). The Labute approximate surface area is 108 Å². The Kier molecular flexibility index (Phi) is 6.22. The summed E-state index contributed by atoms with van der Waals surface area (Å²) >= 11 is 1.74. The molecular weight excluding hydrogens is 232 g/mol. The number of hydrogen-bond acceptors (Lipinski definition) is 3. The van der Waals surface area contributed by atoms with Crippen molar-refractivity contribution in [3.05, 3.63) is 22.4 Å². The lowest BCUT2D eigenvalue weighted by molar-refractivity contribution is -0.134. The summed E-state index contributed by atoms with van der Waals surface area (Å²) in [5.41, 5.74) is 5.64. The van der Waals surface area contributed by atoms with Gasteiger partial charge in [-0.3, -0.25) is 4.79 Å². The lowest BCUT2D eigenvalue weighted by Crippen LogP contribution is -2.37. The number of hydrogen-bond donors (Lipinski definition) is 1. The molecule has 1 aromatic heterocycles. The first-order chi connectivity index (χ1) is 8.19. The van der Waals surface area contributed by atoms with Crippen molar-refractivity contribution >= 4 is 17.2 Å². The fourth-order valence-electron chi connectivity index (χ4n) is 1.85. The number of likely N-dealkylation sites (N-methyl/N-ethyl adjacent to an activating group) is 1. The average Bonchev–Trinajstić information content (AvgIpc) is 2.85. The number of amides is 1. The van der Waals surface area contributed by atoms with Gasteiger partial charge in [0, 0.05) is 25.0 Å². The van der Waals surface area contributed by atoms with Gasteiger partial charge < -0.3 is 10.6 Å². The van der Waals surface area contributed by atoms with Gasteiger partial charge in [0.05, 0.1) is 5.92 Å². The lowest BCUT2D eigenvalue weighted by Gasteiger charge is -2.22. The zero-order valence-electron chi connectivity index (χ0n) is 10.7. The normalized spacial score (nSPS) is 12.4. The third kappa shape index (κ3) is 4.48. The van der Waals surface area contributed by atoms with Gasteiger partial charge in [-0.2, -0.15) is 0 Å². The van der Waals surface area contributed by atoms with E-state index in [9.17, 15) is 4.79 Å². The summed E-state index contributed by atoms with van der Waals surface area (Å²) in [4.78, 5) is 15.2. The molecule has 1 atom stereocenters. The van der Waals surface area contributed by atoms with Crippen molar-refractivity contribution in [2.75, 3.05) is 20.1 Å². The molecule has 1 amide bonds. The SMILES string of the molecule is CCCC(CN)C(=O)N(C)CCc1cccs1. The van der Waals surface area contributed by atoms with E-state index < -0.39 is 0 Å². The Bertz CT molecular complexity index is 324. The molecule has 1 heterocycles. The maximum atomic E-state index is 12.1. The zero-order chi connectivity index (χ0) is 12.7. The van der Waals surface area contributed by atoms with Crippen LogP contribution in [0.25, 0.3) is 0 Å². The first-order valence-corrected chi connectivity index (χ1v) is 7.04. The quantitative estimate of drug-likeness (QED) is 0.810. The number of thiophene rings is 1. The van der Waals surface area contributed by atoms with Gasteiger partial charge in [-0.1, -0.05) is 19.4 Å². The Morgan fingerprint density at radius 3 is 2.88 bits per heavy atom. The maximum absolute atomic E-state index is 12.1. The molecule has 17 heavy (non-hydrogen) atoms. The number of nitrogens with two attached hydrogens (primary N) is 1. The van der Waals surface area contributed by atoms with E-state index in [1.165, 1.54) is 4.88 Å². The highest BCUT2D eigenvalue weighted by atomic mass is 32.1. The molecule has 4 heteroatoms. The molecule has 2 N–H and O–H groups in total. The average molecular weight is 254 g/mol. The molecule has 0 radical (unpaired) electrons. The molecule has 0 aliphatic heterocycles. The summed E-state index contributed by atoms with van der Waals surface area (Å²) in [5.74, 6) is 0.180. The van der Waals surface area contributed by atoms with E-state index in [-0.39, 0.29) is 11.8 Å². The standard InChI is InChI=1S/C13H22N2OS/c1-3-5-11(10-14)13(16)15(2)8-7-12-6-4-9-17-12/h4,6,9,11H,3,5,7-8,10,14H2,1-2H3. The van der Waals surface area contributed by atoms with E-state index in [1.54, 1.807) is 11.3 Å². The first kappa shape index (κ1) is 14.2. The van der Waals surface area contributed by atoms with Crippen LogP contribution in [0.3, 0.4) is 0 Å². The number of carbonyl (C=O) groups is 1. The summed E-state index contributed by atoms with van der Waals surface area (Å²) in [6.07, 6.45) is 2.83. The van der Waals surface area contributed by atoms with Crippen molar-refractivity contribution in [3.63, 3.8) is 0 Å². The molecule has 3 nitrogen and oxygen atoms in total. The molecule has 0 aliphatic carbocycles. The minimum atomic E-state index is -0.00617. The zero-order valence-corrected chi connectivity index (χ0v) is 11.5. The summed E-state index contributed by atoms with van der Waals surface area (Å²) in [7, 11) is 1.87. The Morgan fingerprint density at radius 1 is 1.59 bits per heavy atom. The summed E-state index contributed by atoms with van der Waals surface area (Å²) in [6, 6.07) is 4.15. The van der Waals surface area contributed by atoms with Crippen LogP contribution in [0.5, 0.6) is 0 Å². The summed E-state index contributed by atoms with van der Waals surface area (Å²) < 4.78 is 0. The first-order valence-electron chi connectivity index (χ1n) is 6.16. The predicted octanol–water partition coefficient (Wildman–Crippen LogP) is 2.12. The van der Waals surface area contributed by atoms with Gasteiger partial charge in [-0.15, -0.1) is 11.3 Å². The molecule has 1 aromatic rings. The second-order valence-electron chi connectivity index (χ2n) is 4.31. The predicted molar refractivity (Wildman–Crippen MR) is 73.1 cm³/mol. The van der Waals surface area contributed by atoms with Gasteiger partial charge in [0.1, 0.15) is 0 Å². The van der Waals surface area contributed by atoms with Crippen molar-refractivity contribution in [1.82, 2.24) is 4.90 Å². The summed E-state index contributed by atoms with van der Waals surface area (Å²) in [5, 5.41) is 2.07. The number of rotatable bonds is 7. The van der Waals surface area contributed by atoms with Crippen LogP contribution in [0.2, 0.25) is 0 Å². The third-order valence-electron chi connectivity index (χ3n) is 2.92. The van der Waals surface area contributed by atoms with Gasteiger partial charge in [-0.25, -0.2) is 0 Å². The van der Waals surface area contributed by atoms with Crippen molar-refractivity contribution in [2.45, 2.75) is 26.2 Å². The van der Waals surface area contributed by atoms with Crippen molar-refractivity contribution in [2.24, 2.45) is 11.7 Å². The number of nitrogens with zero attached hydrogens (tertiary/aromatic N) is 1. The van der Waals surface area contributed by atoms with Gasteiger partial charge in [-0.05, 0) is 24.3 Å². The van der Waals surface area contributed by atoms with E-state index in [0.717, 1.165) is 25.8 Å². The Hall–Kier alpha value is -0.870. The molecular formula is C13H22N2OS. The van der Waals surface area contributed by atoms with Crippen LogP contribution in [0.4, 0.5) is 0 Å². The maximum Gasteiger partial charge on any atom is 0.226 e. The molecule has 0 saturated heterocycles. The Balaban J connectivity index is 2.40. The van der Waals surface area contributed by atoms with Crippen molar-refractivity contribution < 1.29 is 4.79 Å². The molecule has 0 aromatic carbocycles. The minimum absolute atomic E-state index is 0.00617. The molecule has 0 aliphatic rings. The van der Waals surface area contributed by atoms with E-state index >= 15 is 0 Å². The molecule has 0 spiro atoms. The minimum Gasteiger partial charge on any atom is -0.345 e. The van der Waals surface area contributed by atoms with Crippen LogP contribution in [-0.2, 0) is 11.2 Å². The van der Waals surface area contributed by atoms with Crippen molar-refractivity contribution in [1.29, 1.82) is 0 Å². The largest absolute Gasteiger partial charge is 0.345 e.